The summed E-state index contributed by atoms with van der Waals surface area (Å²) in [5.41, 5.74) is 3.96. The van der Waals surface area contributed by atoms with E-state index in [9.17, 15) is 9.90 Å². The molecule has 1 fully saturated rings. The molecule has 1 aromatic carbocycles. The number of likely N-dealkylation sites (tertiary alicyclic amines) is 1. The van der Waals surface area contributed by atoms with Crippen LogP contribution in [0.15, 0.2) is 18.3 Å². The summed E-state index contributed by atoms with van der Waals surface area (Å²) < 4.78 is 2.16. The lowest BCUT2D eigenvalue weighted by atomic mass is 9.96. The van der Waals surface area contributed by atoms with Crippen LogP contribution in [0.4, 0.5) is 0 Å². The lowest BCUT2D eigenvalue weighted by Crippen LogP contribution is -2.21. The van der Waals surface area contributed by atoms with Gasteiger partial charge in [-0.25, -0.2) is 4.79 Å². The molecule has 124 valence electrons. The zero-order valence-electron chi connectivity index (χ0n) is 14.3. The number of hydrogen-bond donors (Lipinski definition) is 1. The van der Waals surface area contributed by atoms with Gasteiger partial charge < -0.3 is 14.6 Å². The molecule has 0 aliphatic carbocycles. The summed E-state index contributed by atoms with van der Waals surface area (Å²) in [5, 5.41) is 10.5. The van der Waals surface area contributed by atoms with Crippen LogP contribution < -0.4 is 0 Å². The fraction of sp³-hybridized carbons (Fsp3) is 0.526. The number of hydrogen-bond acceptors (Lipinski definition) is 2. The van der Waals surface area contributed by atoms with Crippen molar-refractivity contribution in [3.63, 3.8) is 0 Å². The maximum atomic E-state index is 11.5. The van der Waals surface area contributed by atoms with Crippen molar-refractivity contribution < 1.29 is 9.90 Å². The van der Waals surface area contributed by atoms with Gasteiger partial charge in [-0.1, -0.05) is 13.8 Å². The fourth-order valence-corrected chi connectivity index (χ4v) is 3.71. The average molecular weight is 314 g/mol. The Morgan fingerprint density at radius 1 is 1.26 bits per heavy atom. The van der Waals surface area contributed by atoms with E-state index < -0.39 is 5.97 Å². The second-order valence-corrected chi connectivity index (χ2v) is 6.99. The smallest absolute Gasteiger partial charge is 0.335 e. The number of aromatic nitrogens is 1. The highest BCUT2D eigenvalue weighted by Gasteiger charge is 2.18. The first-order chi connectivity index (χ1) is 11.0. The third-order valence-electron chi connectivity index (χ3n) is 4.95. The minimum atomic E-state index is -0.844. The van der Waals surface area contributed by atoms with Crippen LogP contribution in [-0.4, -0.2) is 40.2 Å². The normalized spacial score (nSPS) is 15.8. The Morgan fingerprint density at radius 3 is 2.57 bits per heavy atom. The maximum absolute atomic E-state index is 11.5. The molecular formula is C19H26N2O2. The van der Waals surface area contributed by atoms with Gasteiger partial charge in [0.1, 0.15) is 0 Å². The molecule has 1 aliphatic rings. The molecule has 2 heterocycles. The highest BCUT2D eigenvalue weighted by Crippen LogP contribution is 2.31. The van der Waals surface area contributed by atoms with Crippen molar-refractivity contribution >= 4 is 16.9 Å². The van der Waals surface area contributed by atoms with Gasteiger partial charge in [0, 0.05) is 25.2 Å². The molecule has 4 nitrogen and oxygen atoms in total. The molecule has 0 unspecified atom stereocenters. The van der Waals surface area contributed by atoms with Gasteiger partial charge in [0.25, 0.3) is 0 Å². The second-order valence-electron chi connectivity index (χ2n) is 6.99. The Hall–Kier alpha value is -1.81. The van der Waals surface area contributed by atoms with Crippen molar-refractivity contribution in [1.29, 1.82) is 0 Å². The minimum Gasteiger partial charge on any atom is -0.478 e. The fourth-order valence-electron chi connectivity index (χ4n) is 3.71. The van der Waals surface area contributed by atoms with Crippen molar-refractivity contribution in [2.75, 3.05) is 19.6 Å². The molecule has 1 aliphatic heterocycles. The van der Waals surface area contributed by atoms with Crippen LogP contribution >= 0.6 is 0 Å². The van der Waals surface area contributed by atoms with Gasteiger partial charge >= 0.3 is 5.97 Å². The quantitative estimate of drug-likeness (QED) is 0.916. The first-order valence-corrected chi connectivity index (χ1v) is 8.55. The summed E-state index contributed by atoms with van der Waals surface area (Å²) in [5.74, 6) is -0.542. The Labute approximate surface area is 137 Å². The highest BCUT2D eigenvalue weighted by atomic mass is 16.4. The Balaban J connectivity index is 2.02. The zero-order chi connectivity index (χ0) is 16.6. The number of aromatic carboxylic acids is 1. The highest BCUT2D eigenvalue weighted by molar-refractivity contribution is 5.96. The Kier molecular flexibility index (Phi) is 4.44. The molecule has 0 amide bonds. The lowest BCUT2D eigenvalue weighted by molar-refractivity contribution is 0.0697. The number of carboxylic acids is 1. The van der Waals surface area contributed by atoms with E-state index in [2.05, 4.69) is 36.6 Å². The van der Waals surface area contributed by atoms with Crippen LogP contribution in [0.1, 0.15) is 54.1 Å². The van der Waals surface area contributed by atoms with E-state index in [4.69, 9.17) is 0 Å². The first kappa shape index (κ1) is 16.1. The van der Waals surface area contributed by atoms with E-state index in [1.807, 2.05) is 12.1 Å². The van der Waals surface area contributed by atoms with Crippen molar-refractivity contribution in [3.8, 4) is 0 Å². The predicted octanol–water partition coefficient (Wildman–Crippen LogP) is 3.64. The number of aryl methyl sites for hydroxylation is 1. The van der Waals surface area contributed by atoms with Crippen molar-refractivity contribution in [2.24, 2.45) is 7.05 Å². The summed E-state index contributed by atoms with van der Waals surface area (Å²) in [4.78, 5) is 14.0. The topological polar surface area (TPSA) is 45.5 Å². The summed E-state index contributed by atoms with van der Waals surface area (Å²) in [6.07, 6.45) is 5.77. The van der Waals surface area contributed by atoms with Crippen LogP contribution in [0, 0.1) is 0 Å². The van der Waals surface area contributed by atoms with E-state index in [1.54, 1.807) is 0 Å². The third kappa shape index (κ3) is 3.13. The van der Waals surface area contributed by atoms with E-state index in [-0.39, 0.29) is 0 Å². The van der Waals surface area contributed by atoms with Crippen LogP contribution in [0.25, 0.3) is 10.9 Å². The first-order valence-electron chi connectivity index (χ1n) is 8.55. The van der Waals surface area contributed by atoms with Crippen LogP contribution in [-0.2, 0) is 13.5 Å². The summed E-state index contributed by atoms with van der Waals surface area (Å²) in [7, 11) is 2.06. The van der Waals surface area contributed by atoms with Gasteiger partial charge in [0.05, 0.1) is 11.1 Å². The van der Waals surface area contributed by atoms with Crippen LogP contribution in [0.3, 0.4) is 0 Å². The van der Waals surface area contributed by atoms with Gasteiger partial charge in [-0.3, -0.25) is 0 Å². The molecular weight excluding hydrogens is 288 g/mol. The van der Waals surface area contributed by atoms with Gasteiger partial charge in [-0.15, -0.1) is 0 Å². The molecule has 0 saturated carbocycles. The molecule has 1 saturated heterocycles. The molecule has 1 aromatic heterocycles. The summed E-state index contributed by atoms with van der Waals surface area (Å²) >= 11 is 0. The number of carbonyl (C=O) groups is 1. The van der Waals surface area contributed by atoms with Gasteiger partial charge in [0.15, 0.2) is 0 Å². The lowest BCUT2D eigenvalue weighted by Gasteiger charge is -2.14. The van der Waals surface area contributed by atoms with Crippen molar-refractivity contribution in [3.05, 3.63) is 35.0 Å². The molecule has 4 heteroatoms. The standard InChI is InChI=1S/C19H26N2O2/c1-13(2)16-10-15(19(22)23)11-17-14(12-20(3)18(16)17)6-9-21-7-4-5-8-21/h10-13H,4-9H2,1-3H3,(H,22,23). The molecule has 0 spiro atoms. The number of nitrogens with zero attached hydrogens (tertiary/aromatic N) is 2. The largest absolute Gasteiger partial charge is 0.478 e. The molecule has 0 bridgehead atoms. The minimum absolute atomic E-state index is 0.303. The van der Waals surface area contributed by atoms with Crippen molar-refractivity contribution in [2.45, 2.75) is 39.0 Å². The number of rotatable bonds is 5. The van der Waals surface area contributed by atoms with Gasteiger partial charge in [-0.05, 0) is 61.5 Å². The molecule has 23 heavy (non-hydrogen) atoms. The van der Waals surface area contributed by atoms with E-state index in [0.717, 1.165) is 23.9 Å². The predicted molar refractivity (Wildman–Crippen MR) is 93.3 cm³/mol. The molecule has 0 atom stereocenters. The monoisotopic (exact) mass is 314 g/mol. The molecule has 2 aromatic rings. The SMILES string of the molecule is CC(C)c1cc(C(=O)O)cc2c(CCN3CCCC3)cn(C)c12. The average Bonchev–Trinajstić information content (AvgIpc) is 3.12. The van der Waals surface area contributed by atoms with E-state index in [0.29, 0.717) is 11.5 Å². The van der Waals surface area contributed by atoms with E-state index in [1.165, 1.54) is 37.0 Å². The molecule has 1 N–H and O–H groups in total. The maximum Gasteiger partial charge on any atom is 0.335 e. The van der Waals surface area contributed by atoms with Crippen molar-refractivity contribution in [1.82, 2.24) is 9.47 Å². The Morgan fingerprint density at radius 2 is 1.96 bits per heavy atom. The molecule has 0 radical (unpaired) electrons. The van der Waals surface area contributed by atoms with Crippen LogP contribution in [0.2, 0.25) is 0 Å². The third-order valence-corrected chi connectivity index (χ3v) is 4.95. The summed E-state index contributed by atoms with van der Waals surface area (Å²) in [6.45, 7) is 7.70. The van der Waals surface area contributed by atoms with E-state index >= 15 is 0 Å². The second kappa shape index (κ2) is 6.36. The number of fused-ring (bicyclic) bond motifs is 1. The number of benzene rings is 1. The van der Waals surface area contributed by atoms with Crippen LogP contribution in [0.5, 0.6) is 0 Å². The Bertz CT molecular complexity index is 725. The molecule has 3 rings (SSSR count). The van der Waals surface area contributed by atoms with Gasteiger partial charge in [0.2, 0.25) is 0 Å². The number of carboxylic acid groups (broad SMARTS) is 1. The van der Waals surface area contributed by atoms with Gasteiger partial charge in [-0.2, -0.15) is 0 Å². The zero-order valence-corrected chi connectivity index (χ0v) is 14.3. The summed E-state index contributed by atoms with van der Waals surface area (Å²) in [6, 6.07) is 3.68.